The normalized spacial score (nSPS) is 10.6. The van der Waals surface area contributed by atoms with Crippen LogP contribution in [-0.4, -0.2) is 24.9 Å². The third kappa shape index (κ3) is 2.54. The maximum Gasteiger partial charge on any atom is 0.329 e. The summed E-state index contributed by atoms with van der Waals surface area (Å²) in [5, 5.41) is 0.638. The molecule has 0 aliphatic rings. The quantitative estimate of drug-likeness (QED) is 0.723. The zero-order valence-electron chi connectivity index (χ0n) is 9.29. The first-order valence-corrected chi connectivity index (χ1v) is 5.92. The van der Waals surface area contributed by atoms with Gasteiger partial charge in [0.2, 0.25) is 16.4 Å². The molecule has 2 aromatic heterocycles. The van der Waals surface area contributed by atoms with Crippen LogP contribution in [0.2, 0.25) is 10.6 Å². The SMILES string of the molecule is Clc1nc(Cl)nc(Oc2ncnc3ccccc23)n1. The molecule has 0 atom stereocenters. The summed E-state index contributed by atoms with van der Waals surface area (Å²) in [6.45, 7) is 0. The summed E-state index contributed by atoms with van der Waals surface area (Å²) < 4.78 is 5.47. The van der Waals surface area contributed by atoms with Gasteiger partial charge in [-0.25, -0.2) is 9.97 Å². The van der Waals surface area contributed by atoms with Gasteiger partial charge < -0.3 is 4.74 Å². The van der Waals surface area contributed by atoms with Gasteiger partial charge in [0.15, 0.2) is 0 Å². The Morgan fingerprint density at radius 3 is 2.42 bits per heavy atom. The summed E-state index contributed by atoms with van der Waals surface area (Å²) in [5.74, 6) is 0.323. The highest BCUT2D eigenvalue weighted by Gasteiger charge is 2.09. The maximum atomic E-state index is 5.68. The Kier molecular flexibility index (Phi) is 3.10. The van der Waals surface area contributed by atoms with Crippen molar-refractivity contribution in [2.45, 2.75) is 0 Å². The van der Waals surface area contributed by atoms with Gasteiger partial charge in [-0.05, 0) is 35.3 Å². The first-order chi connectivity index (χ1) is 9.22. The number of benzene rings is 1. The molecule has 0 spiro atoms. The number of hydrogen-bond donors (Lipinski definition) is 0. The van der Waals surface area contributed by atoms with Crippen molar-refractivity contribution < 1.29 is 4.74 Å². The Balaban J connectivity index is 2.05. The lowest BCUT2D eigenvalue weighted by Gasteiger charge is -2.05. The molecule has 3 aromatic rings. The highest BCUT2D eigenvalue weighted by atomic mass is 35.5. The van der Waals surface area contributed by atoms with Crippen LogP contribution in [0.3, 0.4) is 0 Å². The number of para-hydroxylation sites is 1. The molecule has 3 rings (SSSR count). The van der Waals surface area contributed by atoms with Gasteiger partial charge in [0.25, 0.3) is 0 Å². The third-order valence-electron chi connectivity index (χ3n) is 2.25. The molecule has 0 radical (unpaired) electrons. The lowest BCUT2D eigenvalue weighted by Crippen LogP contribution is -1.97. The zero-order valence-corrected chi connectivity index (χ0v) is 10.8. The molecule has 19 heavy (non-hydrogen) atoms. The minimum absolute atomic E-state index is 0.0196. The van der Waals surface area contributed by atoms with Crippen LogP contribution in [0.15, 0.2) is 30.6 Å². The fourth-order valence-corrected chi connectivity index (χ4v) is 1.85. The van der Waals surface area contributed by atoms with E-state index in [9.17, 15) is 0 Å². The molecule has 0 saturated heterocycles. The van der Waals surface area contributed by atoms with E-state index in [1.165, 1.54) is 6.33 Å². The van der Waals surface area contributed by atoms with Gasteiger partial charge in [0.1, 0.15) is 6.33 Å². The average Bonchev–Trinajstić information content (AvgIpc) is 2.38. The standard InChI is InChI=1S/C11H5Cl2N5O/c12-9-16-10(13)18-11(17-9)19-8-6-3-1-2-4-7(6)14-5-15-8/h1-5H. The van der Waals surface area contributed by atoms with Gasteiger partial charge in [-0.1, -0.05) is 12.1 Å². The van der Waals surface area contributed by atoms with Crippen LogP contribution in [-0.2, 0) is 0 Å². The van der Waals surface area contributed by atoms with Crippen molar-refractivity contribution in [3.8, 4) is 11.9 Å². The van der Waals surface area contributed by atoms with Crippen LogP contribution in [0, 0.1) is 0 Å². The van der Waals surface area contributed by atoms with Crippen molar-refractivity contribution in [1.29, 1.82) is 0 Å². The number of rotatable bonds is 2. The Labute approximate surface area is 117 Å². The Morgan fingerprint density at radius 2 is 1.63 bits per heavy atom. The van der Waals surface area contributed by atoms with Gasteiger partial charge in [-0.2, -0.15) is 15.0 Å². The molecular formula is C11H5Cl2N5O. The lowest BCUT2D eigenvalue weighted by molar-refractivity contribution is 0.427. The summed E-state index contributed by atoms with van der Waals surface area (Å²) in [6.07, 6.45) is 1.39. The summed E-state index contributed by atoms with van der Waals surface area (Å²) in [5.41, 5.74) is 0.749. The molecule has 0 saturated carbocycles. The monoisotopic (exact) mass is 293 g/mol. The van der Waals surface area contributed by atoms with Gasteiger partial charge in [-0.3, -0.25) is 0 Å². The molecule has 94 valence electrons. The molecule has 0 aliphatic heterocycles. The number of aromatic nitrogens is 5. The predicted molar refractivity (Wildman–Crippen MR) is 69.5 cm³/mol. The summed E-state index contributed by atoms with van der Waals surface area (Å²) in [6, 6.07) is 7.38. The van der Waals surface area contributed by atoms with E-state index in [1.807, 2.05) is 24.3 Å². The van der Waals surface area contributed by atoms with E-state index < -0.39 is 0 Å². The van der Waals surface area contributed by atoms with Crippen molar-refractivity contribution >= 4 is 34.1 Å². The van der Waals surface area contributed by atoms with Gasteiger partial charge >= 0.3 is 6.01 Å². The molecule has 0 bridgehead atoms. The second kappa shape index (κ2) is 4.91. The predicted octanol–water partition coefficient (Wildman–Crippen LogP) is 2.91. The number of hydrogen-bond acceptors (Lipinski definition) is 6. The first-order valence-electron chi connectivity index (χ1n) is 5.17. The molecule has 0 aliphatic carbocycles. The average molecular weight is 294 g/mol. The molecule has 0 amide bonds. The van der Waals surface area contributed by atoms with E-state index in [1.54, 1.807) is 0 Å². The van der Waals surface area contributed by atoms with Crippen molar-refractivity contribution in [2.24, 2.45) is 0 Å². The summed E-state index contributed by atoms with van der Waals surface area (Å²) >= 11 is 11.4. The second-order valence-corrected chi connectivity index (χ2v) is 4.13. The van der Waals surface area contributed by atoms with Crippen LogP contribution in [0.5, 0.6) is 11.9 Å². The summed E-state index contributed by atoms with van der Waals surface area (Å²) in [7, 11) is 0. The van der Waals surface area contributed by atoms with Crippen molar-refractivity contribution in [3.05, 3.63) is 41.2 Å². The van der Waals surface area contributed by atoms with Crippen LogP contribution in [0.1, 0.15) is 0 Å². The Hall–Kier alpha value is -2.05. The third-order valence-corrected chi connectivity index (χ3v) is 2.59. The highest BCUT2D eigenvalue weighted by molar-refractivity contribution is 6.31. The zero-order chi connectivity index (χ0) is 13.2. The molecule has 8 heteroatoms. The largest absolute Gasteiger partial charge is 0.404 e. The fraction of sp³-hybridized carbons (Fsp3) is 0. The smallest absolute Gasteiger partial charge is 0.329 e. The molecule has 2 heterocycles. The van der Waals surface area contributed by atoms with E-state index in [0.717, 1.165) is 10.9 Å². The van der Waals surface area contributed by atoms with E-state index in [0.29, 0.717) is 5.88 Å². The lowest BCUT2D eigenvalue weighted by atomic mass is 10.2. The first kappa shape index (κ1) is 12.0. The molecular weight excluding hydrogens is 289 g/mol. The van der Waals surface area contributed by atoms with Crippen LogP contribution >= 0.6 is 23.2 Å². The van der Waals surface area contributed by atoms with E-state index >= 15 is 0 Å². The minimum Gasteiger partial charge on any atom is -0.404 e. The molecule has 0 fully saturated rings. The molecule has 6 nitrogen and oxygen atoms in total. The van der Waals surface area contributed by atoms with Crippen molar-refractivity contribution in [3.63, 3.8) is 0 Å². The Bertz CT molecular complexity index is 726. The molecule has 1 aromatic carbocycles. The van der Waals surface area contributed by atoms with Gasteiger partial charge in [0.05, 0.1) is 10.9 Å². The van der Waals surface area contributed by atoms with E-state index in [-0.39, 0.29) is 16.6 Å². The van der Waals surface area contributed by atoms with Crippen molar-refractivity contribution in [2.75, 3.05) is 0 Å². The van der Waals surface area contributed by atoms with Crippen LogP contribution in [0.25, 0.3) is 10.9 Å². The van der Waals surface area contributed by atoms with E-state index in [2.05, 4.69) is 24.9 Å². The van der Waals surface area contributed by atoms with Crippen LogP contribution < -0.4 is 4.74 Å². The topological polar surface area (TPSA) is 73.7 Å². The highest BCUT2D eigenvalue weighted by Crippen LogP contribution is 2.25. The number of nitrogens with zero attached hydrogens (tertiary/aromatic N) is 5. The van der Waals surface area contributed by atoms with E-state index in [4.69, 9.17) is 27.9 Å². The summed E-state index contributed by atoms with van der Waals surface area (Å²) in [4.78, 5) is 19.4. The fourth-order valence-electron chi connectivity index (χ4n) is 1.50. The second-order valence-electron chi connectivity index (χ2n) is 3.45. The molecule has 0 N–H and O–H groups in total. The number of ether oxygens (including phenoxy) is 1. The molecule has 0 unspecified atom stereocenters. The number of halogens is 2. The van der Waals surface area contributed by atoms with Gasteiger partial charge in [0, 0.05) is 0 Å². The van der Waals surface area contributed by atoms with Crippen molar-refractivity contribution in [1.82, 2.24) is 24.9 Å². The van der Waals surface area contributed by atoms with Crippen LogP contribution in [0.4, 0.5) is 0 Å². The Morgan fingerprint density at radius 1 is 0.895 bits per heavy atom. The number of fused-ring (bicyclic) bond motifs is 1. The maximum absolute atomic E-state index is 5.68. The van der Waals surface area contributed by atoms with Gasteiger partial charge in [-0.15, -0.1) is 0 Å². The minimum atomic E-state index is -0.0478.